The largest absolute Gasteiger partial charge is 0.435 e. The van der Waals surface area contributed by atoms with Crippen LogP contribution in [0.5, 0.6) is 11.6 Å². The highest BCUT2D eigenvalue weighted by Gasteiger charge is 2.09. The Balaban J connectivity index is 2.38. The molecule has 1 heterocycles. The zero-order valence-corrected chi connectivity index (χ0v) is 10.1. The lowest BCUT2D eigenvalue weighted by Crippen LogP contribution is -1.93. The first-order valence-corrected chi connectivity index (χ1v) is 5.48. The number of pyridine rings is 1. The number of aromatic nitrogens is 1. The van der Waals surface area contributed by atoms with E-state index in [0.29, 0.717) is 4.47 Å². The summed E-state index contributed by atoms with van der Waals surface area (Å²) in [4.78, 5) is 3.89. The van der Waals surface area contributed by atoms with Crippen molar-refractivity contribution in [3.63, 3.8) is 0 Å². The average Bonchev–Trinajstić information content (AvgIpc) is 2.34. The first-order chi connectivity index (χ1) is 8.20. The van der Waals surface area contributed by atoms with Crippen molar-refractivity contribution in [1.82, 2.24) is 4.98 Å². The van der Waals surface area contributed by atoms with E-state index in [0.717, 1.165) is 0 Å². The topological polar surface area (TPSA) is 45.9 Å². The minimum Gasteiger partial charge on any atom is -0.435 e. The van der Waals surface area contributed by atoms with Gasteiger partial charge < -0.3 is 4.74 Å². The highest BCUT2D eigenvalue weighted by molar-refractivity contribution is 9.10. The molecule has 1 aromatic heterocycles. The summed E-state index contributed by atoms with van der Waals surface area (Å²) in [6.45, 7) is 0. The zero-order chi connectivity index (χ0) is 12.3. The maximum atomic E-state index is 13.4. The van der Waals surface area contributed by atoms with Crippen molar-refractivity contribution < 1.29 is 9.13 Å². The van der Waals surface area contributed by atoms with Crippen molar-refractivity contribution in [2.24, 2.45) is 0 Å². The van der Waals surface area contributed by atoms with Crippen molar-refractivity contribution >= 4 is 15.9 Å². The Kier molecular flexibility index (Phi) is 3.35. The number of benzene rings is 1. The van der Waals surface area contributed by atoms with Crippen molar-refractivity contribution in [1.29, 1.82) is 5.26 Å². The van der Waals surface area contributed by atoms with Gasteiger partial charge in [-0.05, 0) is 30.3 Å². The first-order valence-electron chi connectivity index (χ1n) is 4.69. The predicted octanol–water partition coefficient (Wildman–Crippen LogP) is 3.65. The molecule has 0 saturated carbocycles. The van der Waals surface area contributed by atoms with Crippen LogP contribution in [-0.4, -0.2) is 4.98 Å². The van der Waals surface area contributed by atoms with Gasteiger partial charge in [0.25, 0.3) is 0 Å². The molecule has 3 nitrogen and oxygen atoms in total. The molecule has 1 aromatic carbocycles. The summed E-state index contributed by atoms with van der Waals surface area (Å²) in [5, 5.41) is 8.85. The van der Waals surface area contributed by atoms with Gasteiger partial charge in [0, 0.05) is 10.7 Å². The van der Waals surface area contributed by atoms with E-state index in [2.05, 4.69) is 20.9 Å². The number of rotatable bonds is 2. The van der Waals surface area contributed by atoms with E-state index >= 15 is 0 Å². The van der Waals surface area contributed by atoms with Gasteiger partial charge in [0.2, 0.25) is 5.88 Å². The Morgan fingerprint density at radius 3 is 2.94 bits per heavy atom. The summed E-state index contributed by atoms with van der Waals surface area (Å²) < 4.78 is 19.4. The Hall–Kier alpha value is -1.93. The van der Waals surface area contributed by atoms with Crippen LogP contribution in [0.1, 0.15) is 5.56 Å². The molecular weight excluding hydrogens is 287 g/mol. The molecule has 0 spiro atoms. The van der Waals surface area contributed by atoms with Crippen molar-refractivity contribution in [3.8, 4) is 17.7 Å². The van der Waals surface area contributed by atoms with E-state index in [-0.39, 0.29) is 17.2 Å². The van der Waals surface area contributed by atoms with Crippen molar-refractivity contribution in [2.75, 3.05) is 0 Å². The normalized spacial score (nSPS) is 9.71. The van der Waals surface area contributed by atoms with Gasteiger partial charge in [-0.15, -0.1) is 0 Å². The quantitative estimate of drug-likeness (QED) is 0.849. The predicted molar refractivity (Wildman–Crippen MR) is 63.1 cm³/mol. The van der Waals surface area contributed by atoms with E-state index in [1.807, 2.05) is 6.07 Å². The summed E-state index contributed by atoms with van der Waals surface area (Å²) >= 11 is 3.21. The van der Waals surface area contributed by atoms with Crippen LogP contribution in [-0.2, 0) is 0 Å². The van der Waals surface area contributed by atoms with Gasteiger partial charge in [0.1, 0.15) is 11.6 Å². The molecule has 0 amide bonds. The molecule has 0 saturated heterocycles. The fourth-order valence-electron chi connectivity index (χ4n) is 1.22. The highest BCUT2D eigenvalue weighted by atomic mass is 79.9. The fourth-order valence-corrected chi connectivity index (χ4v) is 1.56. The van der Waals surface area contributed by atoms with Crippen LogP contribution in [0.15, 0.2) is 41.0 Å². The number of ether oxygens (including phenoxy) is 1. The summed E-state index contributed by atoms with van der Waals surface area (Å²) in [7, 11) is 0. The van der Waals surface area contributed by atoms with Crippen LogP contribution < -0.4 is 4.74 Å². The molecule has 0 aliphatic heterocycles. The smallest absolute Gasteiger partial charge is 0.237 e. The molecular formula is C12H6BrFN2O. The molecule has 5 heteroatoms. The van der Waals surface area contributed by atoms with Gasteiger partial charge in [-0.1, -0.05) is 15.9 Å². The molecule has 0 atom stereocenters. The van der Waals surface area contributed by atoms with Crippen molar-refractivity contribution in [2.45, 2.75) is 0 Å². The van der Waals surface area contributed by atoms with Gasteiger partial charge in [-0.3, -0.25) is 0 Å². The number of halogens is 2. The summed E-state index contributed by atoms with van der Waals surface area (Å²) in [5.41, 5.74) is 0.256. The average molecular weight is 293 g/mol. The molecule has 2 aromatic rings. The van der Waals surface area contributed by atoms with Crippen LogP contribution in [0.2, 0.25) is 0 Å². The van der Waals surface area contributed by atoms with Crippen LogP contribution >= 0.6 is 15.9 Å². The second kappa shape index (κ2) is 4.93. The standard InChI is InChI=1S/C12H6BrFN2O/c13-9-3-4-10(14)11(6-9)17-12-8(7-15)2-1-5-16-12/h1-6H. The van der Waals surface area contributed by atoms with Gasteiger partial charge in [-0.25, -0.2) is 9.37 Å². The Morgan fingerprint density at radius 1 is 1.35 bits per heavy atom. The minimum absolute atomic E-state index is 0.0228. The molecule has 17 heavy (non-hydrogen) atoms. The molecule has 0 aliphatic carbocycles. The van der Waals surface area contributed by atoms with Crippen LogP contribution in [0.4, 0.5) is 4.39 Å². The zero-order valence-electron chi connectivity index (χ0n) is 8.52. The molecule has 0 bridgehead atoms. The Morgan fingerprint density at radius 2 is 2.18 bits per heavy atom. The Bertz CT molecular complexity index is 595. The number of nitriles is 1. The van der Waals surface area contributed by atoms with Gasteiger partial charge in [0.05, 0.1) is 0 Å². The SMILES string of the molecule is N#Cc1cccnc1Oc1cc(Br)ccc1F. The molecule has 0 radical (unpaired) electrons. The highest BCUT2D eigenvalue weighted by Crippen LogP contribution is 2.27. The lowest BCUT2D eigenvalue weighted by atomic mass is 10.3. The maximum absolute atomic E-state index is 13.4. The van der Waals surface area contributed by atoms with Crippen LogP contribution in [0, 0.1) is 17.1 Å². The van der Waals surface area contributed by atoms with E-state index in [1.54, 1.807) is 18.2 Å². The number of hydrogen-bond donors (Lipinski definition) is 0. The lowest BCUT2D eigenvalue weighted by Gasteiger charge is -2.06. The second-order valence-electron chi connectivity index (χ2n) is 3.14. The third-order valence-corrected chi connectivity index (χ3v) is 2.48. The van der Waals surface area contributed by atoms with E-state index in [9.17, 15) is 4.39 Å². The molecule has 0 fully saturated rings. The lowest BCUT2D eigenvalue weighted by molar-refractivity contribution is 0.426. The van der Waals surface area contributed by atoms with Crippen molar-refractivity contribution in [3.05, 3.63) is 52.4 Å². The van der Waals surface area contributed by atoms with E-state index in [4.69, 9.17) is 10.00 Å². The van der Waals surface area contributed by atoms with Crippen LogP contribution in [0.25, 0.3) is 0 Å². The third kappa shape index (κ3) is 2.60. The summed E-state index contributed by atoms with van der Waals surface area (Å²) in [5.74, 6) is -0.399. The van der Waals surface area contributed by atoms with Gasteiger partial charge >= 0.3 is 0 Å². The monoisotopic (exact) mass is 292 g/mol. The molecule has 0 N–H and O–H groups in total. The molecule has 0 aliphatic rings. The summed E-state index contributed by atoms with van der Waals surface area (Å²) in [6, 6.07) is 9.41. The van der Waals surface area contributed by atoms with E-state index < -0.39 is 5.82 Å². The van der Waals surface area contributed by atoms with E-state index in [1.165, 1.54) is 18.3 Å². The fraction of sp³-hybridized carbons (Fsp3) is 0. The second-order valence-corrected chi connectivity index (χ2v) is 4.06. The van der Waals surface area contributed by atoms with Gasteiger partial charge in [0.15, 0.2) is 11.6 Å². The Labute approximate surface area is 106 Å². The molecule has 0 unspecified atom stereocenters. The number of nitrogens with zero attached hydrogens (tertiary/aromatic N) is 2. The minimum atomic E-state index is -0.511. The molecule has 2 rings (SSSR count). The maximum Gasteiger partial charge on any atom is 0.237 e. The van der Waals surface area contributed by atoms with Crippen LogP contribution in [0.3, 0.4) is 0 Å². The third-order valence-electron chi connectivity index (χ3n) is 1.99. The summed E-state index contributed by atoms with van der Waals surface area (Å²) in [6.07, 6.45) is 1.48. The molecule has 84 valence electrons. The first kappa shape index (κ1) is 11.6. The number of hydrogen-bond acceptors (Lipinski definition) is 3. The van der Waals surface area contributed by atoms with Gasteiger partial charge in [-0.2, -0.15) is 5.26 Å².